The van der Waals surface area contributed by atoms with Gasteiger partial charge in [0, 0.05) is 6.04 Å². The minimum Gasteiger partial charge on any atom is -0.387 e. The predicted octanol–water partition coefficient (Wildman–Crippen LogP) is 4.09. The molecule has 0 fully saturated rings. The Bertz CT molecular complexity index is 358. The predicted molar refractivity (Wildman–Crippen MR) is 86.9 cm³/mol. The van der Waals surface area contributed by atoms with E-state index in [0.717, 1.165) is 31.4 Å². The van der Waals surface area contributed by atoms with Crippen molar-refractivity contribution >= 4 is 0 Å². The summed E-state index contributed by atoms with van der Waals surface area (Å²) in [6.07, 6.45) is 3.98. The quantitative estimate of drug-likeness (QED) is 0.666. The highest BCUT2D eigenvalue weighted by molar-refractivity contribution is 5.25. The molecule has 2 unspecified atom stereocenters. The van der Waals surface area contributed by atoms with Crippen LogP contribution in [0, 0.1) is 5.92 Å². The molecule has 114 valence electrons. The maximum absolute atomic E-state index is 10.5. The number of hydrogen-bond donors (Lipinski definition) is 2. The molecular formula is C18H31NO. The van der Waals surface area contributed by atoms with Crippen LogP contribution < -0.4 is 5.32 Å². The van der Waals surface area contributed by atoms with Crippen LogP contribution in [0.2, 0.25) is 0 Å². The molecule has 0 aliphatic heterocycles. The van der Waals surface area contributed by atoms with E-state index < -0.39 is 6.10 Å². The van der Waals surface area contributed by atoms with Gasteiger partial charge in [0.25, 0.3) is 0 Å². The SMILES string of the molecule is CCCCNC(CC)C(O)c1ccc(CC(C)C)cc1. The molecule has 0 aliphatic rings. The number of unbranched alkanes of at least 4 members (excludes halogenated alkanes) is 1. The van der Waals surface area contributed by atoms with Crippen LogP contribution in [0.25, 0.3) is 0 Å². The summed E-state index contributed by atoms with van der Waals surface area (Å²) in [5.41, 5.74) is 2.37. The van der Waals surface area contributed by atoms with E-state index in [1.165, 1.54) is 12.0 Å². The monoisotopic (exact) mass is 277 g/mol. The first-order chi connectivity index (χ1) is 9.58. The summed E-state index contributed by atoms with van der Waals surface area (Å²) < 4.78 is 0. The number of aliphatic hydroxyl groups excluding tert-OH is 1. The van der Waals surface area contributed by atoms with E-state index in [-0.39, 0.29) is 6.04 Å². The molecule has 1 rings (SSSR count). The summed E-state index contributed by atoms with van der Waals surface area (Å²) in [4.78, 5) is 0. The molecule has 2 atom stereocenters. The van der Waals surface area contributed by atoms with Gasteiger partial charge in [-0.1, -0.05) is 58.4 Å². The molecule has 0 spiro atoms. The molecule has 1 aromatic carbocycles. The smallest absolute Gasteiger partial charge is 0.0942 e. The fraction of sp³-hybridized carbons (Fsp3) is 0.667. The number of aliphatic hydroxyl groups is 1. The van der Waals surface area contributed by atoms with E-state index in [1.807, 2.05) is 0 Å². The van der Waals surface area contributed by atoms with Gasteiger partial charge in [0.05, 0.1) is 6.10 Å². The third kappa shape index (κ3) is 5.64. The van der Waals surface area contributed by atoms with Crippen molar-refractivity contribution < 1.29 is 5.11 Å². The molecule has 0 aromatic heterocycles. The highest BCUT2D eigenvalue weighted by Gasteiger charge is 2.18. The molecular weight excluding hydrogens is 246 g/mol. The van der Waals surface area contributed by atoms with E-state index in [0.29, 0.717) is 5.92 Å². The van der Waals surface area contributed by atoms with E-state index in [2.05, 4.69) is 57.3 Å². The van der Waals surface area contributed by atoms with Crippen LogP contribution in [0.1, 0.15) is 64.2 Å². The third-order valence-corrected chi connectivity index (χ3v) is 3.72. The molecule has 2 nitrogen and oxygen atoms in total. The van der Waals surface area contributed by atoms with Crippen molar-refractivity contribution in [2.45, 2.75) is 65.5 Å². The Kier molecular flexibility index (Phi) is 7.86. The Labute approximate surface area is 124 Å². The maximum Gasteiger partial charge on any atom is 0.0942 e. The lowest BCUT2D eigenvalue weighted by molar-refractivity contribution is 0.126. The summed E-state index contributed by atoms with van der Waals surface area (Å²) in [5.74, 6) is 0.671. The highest BCUT2D eigenvalue weighted by atomic mass is 16.3. The lowest BCUT2D eigenvalue weighted by atomic mass is 9.96. The summed E-state index contributed by atoms with van der Waals surface area (Å²) in [7, 11) is 0. The van der Waals surface area contributed by atoms with Crippen LogP contribution in [0.5, 0.6) is 0 Å². The van der Waals surface area contributed by atoms with Crippen LogP contribution in [0.3, 0.4) is 0 Å². The van der Waals surface area contributed by atoms with Crippen molar-refractivity contribution in [1.82, 2.24) is 5.32 Å². The zero-order chi connectivity index (χ0) is 15.0. The fourth-order valence-corrected chi connectivity index (χ4v) is 2.50. The van der Waals surface area contributed by atoms with Crippen LogP contribution >= 0.6 is 0 Å². The number of benzene rings is 1. The van der Waals surface area contributed by atoms with Crippen molar-refractivity contribution in [1.29, 1.82) is 0 Å². The van der Waals surface area contributed by atoms with Gasteiger partial charge in [-0.15, -0.1) is 0 Å². The zero-order valence-electron chi connectivity index (χ0n) is 13.5. The van der Waals surface area contributed by atoms with Crippen molar-refractivity contribution in [2.24, 2.45) is 5.92 Å². The molecule has 20 heavy (non-hydrogen) atoms. The Morgan fingerprint density at radius 3 is 2.25 bits per heavy atom. The molecule has 0 radical (unpaired) electrons. The standard InChI is InChI=1S/C18H31NO/c1-5-7-12-19-17(6-2)18(20)16-10-8-15(9-11-16)13-14(3)4/h8-11,14,17-20H,5-7,12-13H2,1-4H3. The van der Waals surface area contributed by atoms with Crippen molar-refractivity contribution in [3.8, 4) is 0 Å². The second-order valence-corrected chi connectivity index (χ2v) is 6.11. The summed E-state index contributed by atoms with van der Waals surface area (Å²) in [6, 6.07) is 8.60. The first-order valence-electron chi connectivity index (χ1n) is 8.08. The summed E-state index contributed by atoms with van der Waals surface area (Å²) >= 11 is 0. The lowest BCUT2D eigenvalue weighted by Crippen LogP contribution is -2.35. The van der Waals surface area contributed by atoms with E-state index >= 15 is 0 Å². The van der Waals surface area contributed by atoms with E-state index in [4.69, 9.17) is 0 Å². The Hall–Kier alpha value is -0.860. The van der Waals surface area contributed by atoms with E-state index in [9.17, 15) is 5.11 Å². The normalized spacial score (nSPS) is 14.5. The topological polar surface area (TPSA) is 32.3 Å². The summed E-state index contributed by atoms with van der Waals surface area (Å²) in [5, 5.41) is 14.0. The largest absolute Gasteiger partial charge is 0.387 e. The lowest BCUT2D eigenvalue weighted by Gasteiger charge is -2.23. The minimum atomic E-state index is -0.412. The summed E-state index contributed by atoms with van der Waals surface area (Å²) in [6.45, 7) is 9.75. The van der Waals surface area contributed by atoms with Gasteiger partial charge >= 0.3 is 0 Å². The average molecular weight is 277 g/mol. The zero-order valence-corrected chi connectivity index (χ0v) is 13.5. The van der Waals surface area contributed by atoms with Crippen LogP contribution in [0.15, 0.2) is 24.3 Å². The van der Waals surface area contributed by atoms with Crippen molar-refractivity contribution in [2.75, 3.05) is 6.54 Å². The minimum absolute atomic E-state index is 0.150. The van der Waals surface area contributed by atoms with Gasteiger partial charge in [-0.2, -0.15) is 0 Å². The number of hydrogen-bond acceptors (Lipinski definition) is 2. The Balaban J connectivity index is 2.62. The van der Waals surface area contributed by atoms with Crippen LogP contribution in [-0.4, -0.2) is 17.7 Å². The second-order valence-electron chi connectivity index (χ2n) is 6.11. The molecule has 0 bridgehead atoms. The first-order valence-corrected chi connectivity index (χ1v) is 8.08. The Morgan fingerprint density at radius 1 is 1.10 bits per heavy atom. The number of rotatable bonds is 9. The Morgan fingerprint density at radius 2 is 1.75 bits per heavy atom. The van der Waals surface area contributed by atoms with Gasteiger partial charge in [0.15, 0.2) is 0 Å². The van der Waals surface area contributed by atoms with Gasteiger partial charge in [-0.3, -0.25) is 0 Å². The molecule has 2 heteroatoms. The molecule has 0 saturated heterocycles. The van der Waals surface area contributed by atoms with Gasteiger partial charge in [-0.25, -0.2) is 0 Å². The molecule has 1 aromatic rings. The van der Waals surface area contributed by atoms with Crippen molar-refractivity contribution in [3.05, 3.63) is 35.4 Å². The molecule has 2 N–H and O–H groups in total. The van der Waals surface area contributed by atoms with Crippen molar-refractivity contribution in [3.63, 3.8) is 0 Å². The van der Waals surface area contributed by atoms with Crippen LogP contribution in [0.4, 0.5) is 0 Å². The molecule has 0 heterocycles. The van der Waals surface area contributed by atoms with Gasteiger partial charge in [0.2, 0.25) is 0 Å². The van der Waals surface area contributed by atoms with Gasteiger partial charge in [0.1, 0.15) is 0 Å². The van der Waals surface area contributed by atoms with E-state index in [1.54, 1.807) is 0 Å². The molecule has 0 saturated carbocycles. The number of nitrogens with one attached hydrogen (secondary N) is 1. The maximum atomic E-state index is 10.5. The third-order valence-electron chi connectivity index (χ3n) is 3.72. The average Bonchev–Trinajstić information content (AvgIpc) is 2.43. The highest BCUT2D eigenvalue weighted by Crippen LogP contribution is 2.20. The first kappa shape index (κ1) is 17.2. The molecule has 0 amide bonds. The molecule has 0 aliphatic carbocycles. The second kappa shape index (κ2) is 9.15. The van der Waals surface area contributed by atoms with Crippen LogP contribution in [-0.2, 0) is 6.42 Å². The van der Waals surface area contributed by atoms with Gasteiger partial charge < -0.3 is 10.4 Å². The fourth-order valence-electron chi connectivity index (χ4n) is 2.50. The van der Waals surface area contributed by atoms with Gasteiger partial charge in [-0.05, 0) is 42.9 Å².